The monoisotopic (exact) mass is 1270 g/mol. The average Bonchev–Trinajstić information content (AvgIpc) is 1.67. The molecular formula is C70H36F18N4. The van der Waals surface area contributed by atoms with E-state index in [0.717, 1.165) is 18.2 Å². The average molecular weight is 1280 g/mol. The van der Waals surface area contributed by atoms with Crippen molar-refractivity contribution < 1.29 is 79.0 Å². The molecule has 2 aromatic heterocycles. The van der Waals surface area contributed by atoms with E-state index in [-0.39, 0.29) is 128 Å². The Morgan fingerprint density at radius 2 is 0.739 bits per heavy atom. The van der Waals surface area contributed by atoms with Crippen molar-refractivity contribution in [2.24, 2.45) is 0 Å². The third-order valence-electron chi connectivity index (χ3n) is 16.0. The van der Waals surface area contributed by atoms with Crippen LogP contribution in [-0.2, 0) is 37.1 Å². The van der Waals surface area contributed by atoms with Crippen LogP contribution in [-0.4, -0.2) is 9.13 Å². The Kier molecular flexibility index (Phi) is 14.5. The van der Waals surface area contributed by atoms with E-state index < -0.39 is 87.1 Å². The topological polar surface area (TPSA) is 38.0 Å². The molecule has 0 aliphatic rings. The number of halogens is 18. The second-order valence-electron chi connectivity index (χ2n) is 21.9. The van der Waals surface area contributed by atoms with Crippen LogP contribution in [0.5, 0.6) is 0 Å². The number of hydrogen-bond acceptors (Lipinski definition) is 1. The quantitative estimate of drug-likeness (QED) is 0.116. The molecule has 10 aromatic carbocycles. The van der Waals surface area contributed by atoms with Gasteiger partial charge in [0.2, 0.25) is 0 Å². The van der Waals surface area contributed by atoms with E-state index in [1.54, 1.807) is 0 Å². The number of nitrogens with zero attached hydrogens (tertiary/aromatic N) is 4. The molecule has 0 saturated heterocycles. The van der Waals surface area contributed by atoms with Crippen LogP contribution in [0.4, 0.5) is 84.7 Å². The standard InChI is InChI=1S/C70H36F18N4/c1-35-7-14-47(56(23-35)68(80,81)82)39-10-17-51-52-18-11-40(49-20-13-43(65(71,72)73)33-58(49)70(86,87)88)30-61(52)91(60(51)29-39)59-22-21-50(38-5-4-6-46(27-38)90-3)64(55(59)34-89)92-62-28-37(42-25-44(66(74,75)76)32-45(26-42)67(77,78)79)9-16-53(62)54-19-12-41(31-63(54)92)48-15-8-36(2)24-57(48)69(83,84)85/h4-33H,1-2H3. The van der Waals surface area contributed by atoms with E-state index in [2.05, 4.69) is 10.9 Å². The molecule has 0 unspecified atom stereocenters. The van der Waals surface area contributed by atoms with E-state index in [1.165, 1.54) is 150 Å². The maximum atomic E-state index is 15.1. The third-order valence-corrected chi connectivity index (χ3v) is 16.0. The Morgan fingerprint density at radius 3 is 1.16 bits per heavy atom. The van der Waals surface area contributed by atoms with Crippen molar-refractivity contribution in [3.63, 3.8) is 0 Å². The molecule has 0 aliphatic heterocycles. The third kappa shape index (κ3) is 11.0. The van der Waals surface area contributed by atoms with Gasteiger partial charge in [0.1, 0.15) is 11.6 Å². The van der Waals surface area contributed by atoms with Crippen LogP contribution >= 0.6 is 0 Å². The van der Waals surface area contributed by atoms with Crippen molar-refractivity contribution in [1.82, 2.24) is 9.13 Å². The molecule has 462 valence electrons. The summed E-state index contributed by atoms with van der Waals surface area (Å²) >= 11 is 0. The molecule has 0 bridgehead atoms. The van der Waals surface area contributed by atoms with Crippen molar-refractivity contribution in [2.45, 2.75) is 50.9 Å². The molecule has 0 fully saturated rings. The number of nitriles is 1. The number of alkyl halides is 18. The molecule has 0 spiro atoms. The van der Waals surface area contributed by atoms with Gasteiger partial charge in [-0.15, -0.1) is 0 Å². The van der Waals surface area contributed by atoms with Crippen molar-refractivity contribution in [2.75, 3.05) is 0 Å². The second-order valence-corrected chi connectivity index (χ2v) is 21.9. The smallest absolute Gasteiger partial charge is 0.308 e. The lowest BCUT2D eigenvalue weighted by molar-refractivity contribution is -0.144. The molecule has 0 N–H and O–H groups in total. The SMILES string of the molecule is [C-]#[N+]c1cccc(-c2ccc(-n3c4cc(-c5ccc(C)cc5C(F)(F)F)ccc4c4ccc(-c5ccc(C(F)(F)F)cc5C(F)(F)F)cc43)c(C#N)c2-n2c3cc(-c4cc(C(F)(F)F)cc(C(F)(F)F)c4)ccc3c3ccc(-c4ccc(C)cc4C(F)(F)F)cc32)c1. The highest BCUT2D eigenvalue weighted by Crippen LogP contribution is 2.49. The van der Waals surface area contributed by atoms with E-state index in [1.807, 2.05) is 0 Å². The molecule has 0 atom stereocenters. The minimum Gasteiger partial charge on any atom is -0.308 e. The van der Waals surface area contributed by atoms with Crippen LogP contribution in [0.1, 0.15) is 50.1 Å². The van der Waals surface area contributed by atoms with E-state index >= 15 is 26.3 Å². The molecule has 12 rings (SSSR count). The molecule has 92 heavy (non-hydrogen) atoms. The lowest BCUT2D eigenvalue weighted by Gasteiger charge is -2.21. The van der Waals surface area contributed by atoms with Gasteiger partial charge < -0.3 is 9.13 Å². The van der Waals surface area contributed by atoms with Gasteiger partial charge in [-0.25, -0.2) is 4.85 Å². The molecule has 0 amide bonds. The minimum atomic E-state index is -5.40. The van der Waals surface area contributed by atoms with Gasteiger partial charge in [-0.3, -0.25) is 0 Å². The van der Waals surface area contributed by atoms with Crippen molar-refractivity contribution in [1.29, 1.82) is 5.26 Å². The van der Waals surface area contributed by atoms with Crippen LogP contribution in [0.25, 0.3) is 115 Å². The Balaban J connectivity index is 1.26. The van der Waals surface area contributed by atoms with Gasteiger partial charge in [-0.1, -0.05) is 114 Å². The first-order chi connectivity index (χ1) is 43.1. The summed E-state index contributed by atoms with van der Waals surface area (Å²) in [4.78, 5) is 3.55. The van der Waals surface area contributed by atoms with Gasteiger partial charge in [0.15, 0.2) is 5.69 Å². The predicted octanol–water partition coefficient (Wildman–Crippen LogP) is 23.4. The zero-order valence-corrected chi connectivity index (χ0v) is 46.9. The lowest BCUT2D eigenvalue weighted by Crippen LogP contribution is -2.12. The highest BCUT2D eigenvalue weighted by atomic mass is 19.4. The van der Waals surface area contributed by atoms with E-state index in [4.69, 9.17) is 6.57 Å². The van der Waals surface area contributed by atoms with Crippen LogP contribution in [0.2, 0.25) is 0 Å². The lowest BCUT2D eigenvalue weighted by atomic mass is 9.95. The fourth-order valence-electron chi connectivity index (χ4n) is 11.9. The van der Waals surface area contributed by atoms with Crippen molar-refractivity contribution in [3.8, 4) is 73.1 Å². The van der Waals surface area contributed by atoms with Gasteiger partial charge in [0.05, 0.1) is 73.4 Å². The Morgan fingerprint density at radius 1 is 0.348 bits per heavy atom. The first-order valence-electron chi connectivity index (χ1n) is 27.3. The molecular weight excluding hydrogens is 1240 g/mol. The normalized spacial score (nSPS) is 12.8. The fraction of sp³-hybridized carbons (Fsp3) is 0.114. The Hall–Kier alpha value is -10.5. The maximum absolute atomic E-state index is 15.1. The molecule has 2 heterocycles. The Labute approximate surface area is 508 Å². The molecule has 0 saturated carbocycles. The molecule has 4 nitrogen and oxygen atoms in total. The van der Waals surface area contributed by atoms with Gasteiger partial charge in [-0.2, -0.15) is 84.3 Å². The number of aryl methyl sites for hydroxylation is 2. The van der Waals surface area contributed by atoms with Gasteiger partial charge in [-0.05, 0) is 143 Å². The molecule has 0 radical (unpaired) electrons. The summed E-state index contributed by atoms with van der Waals surface area (Å²) in [6.45, 7) is 10.8. The zero-order chi connectivity index (χ0) is 66.1. The maximum Gasteiger partial charge on any atom is 0.417 e. The number of aromatic nitrogens is 2. The van der Waals surface area contributed by atoms with Gasteiger partial charge >= 0.3 is 37.1 Å². The summed E-state index contributed by atoms with van der Waals surface area (Å²) in [5.41, 5.74) is -12.2. The highest BCUT2D eigenvalue weighted by molar-refractivity contribution is 6.14. The first-order valence-corrected chi connectivity index (χ1v) is 27.3. The van der Waals surface area contributed by atoms with Gasteiger partial charge in [0, 0.05) is 27.1 Å². The summed E-state index contributed by atoms with van der Waals surface area (Å²) in [5.74, 6) is 0. The van der Waals surface area contributed by atoms with Crippen LogP contribution in [0, 0.1) is 31.8 Å². The first kappa shape index (κ1) is 61.7. The number of fused-ring (bicyclic) bond motifs is 6. The van der Waals surface area contributed by atoms with Crippen molar-refractivity contribution in [3.05, 3.63) is 243 Å². The number of rotatable bonds is 7. The summed E-state index contributed by atoms with van der Waals surface area (Å²) < 4.78 is 267. The summed E-state index contributed by atoms with van der Waals surface area (Å²) in [6, 6.07) is 35.2. The zero-order valence-electron chi connectivity index (χ0n) is 46.9. The largest absolute Gasteiger partial charge is 0.417 e. The predicted molar refractivity (Wildman–Crippen MR) is 313 cm³/mol. The van der Waals surface area contributed by atoms with E-state index in [9.17, 15) is 57.9 Å². The van der Waals surface area contributed by atoms with E-state index in [0.29, 0.717) is 24.3 Å². The Bertz CT molecular complexity index is 5100. The van der Waals surface area contributed by atoms with Crippen LogP contribution in [0.3, 0.4) is 0 Å². The fourth-order valence-corrected chi connectivity index (χ4v) is 11.9. The van der Waals surface area contributed by atoms with Gasteiger partial charge in [0.25, 0.3) is 0 Å². The summed E-state index contributed by atoms with van der Waals surface area (Å²) in [6.07, 6.45) is -31.2. The summed E-state index contributed by atoms with van der Waals surface area (Å²) in [7, 11) is 0. The summed E-state index contributed by atoms with van der Waals surface area (Å²) in [5, 5.41) is 12.7. The van der Waals surface area contributed by atoms with Crippen LogP contribution < -0.4 is 0 Å². The number of hydrogen-bond donors (Lipinski definition) is 0. The highest BCUT2D eigenvalue weighted by Gasteiger charge is 2.41. The minimum absolute atomic E-state index is 0.0187. The number of benzene rings is 10. The molecule has 22 heteroatoms. The molecule has 0 aliphatic carbocycles. The second kappa shape index (κ2) is 21.6. The molecule has 12 aromatic rings. The van der Waals surface area contributed by atoms with Crippen molar-refractivity contribution >= 4 is 49.3 Å². The van der Waals surface area contributed by atoms with Crippen LogP contribution in [0.15, 0.2) is 182 Å².